The predicted octanol–water partition coefficient (Wildman–Crippen LogP) is 4.97. The third-order valence-electron chi connectivity index (χ3n) is 4.48. The van der Waals surface area contributed by atoms with E-state index < -0.39 is 12.6 Å². The van der Waals surface area contributed by atoms with Gasteiger partial charge < -0.3 is 5.32 Å². The van der Waals surface area contributed by atoms with E-state index in [9.17, 15) is 13.2 Å². The minimum absolute atomic E-state index is 0. The van der Waals surface area contributed by atoms with E-state index in [2.05, 4.69) is 10.2 Å². The molecule has 1 aliphatic heterocycles. The van der Waals surface area contributed by atoms with Crippen molar-refractivity contribution in [3.05, 3.63) is 48.0 Å². The molecular formula is C18H23Cl2F3N2. The molecule has 2 aromatic carbocycles. The summed E-state index contributed by atoms with van der Waals surface area (Å²) in [5, 5.41) is 5.40. The highest BCUT2D eigenvalue weighted by atomic mass is 35.5. The Balaban J connectivity index is 0.00000156. The molecule has 0 amide bonds. The average molecular weight is 395 g/mol. The maximum Gasteiger partial charge on any atom is 0.389 e. The Hall–Kier alpha value is -1.01. The molecule has 7 heteroatoms. The second kappa shape index (κ2) is 9.62. The van der Waals surface area contributed by atoms with Gasteiger partial charge in [0.25, 0.3) is 0 Å². The number of nitrogens with zero attached hydrogens (tertiary/aromatic N) is 1. The van der Waals surface area contributed by atoms with Gasteiger partial charge in [-0.25, -0.2) is 0 Å². The summed E-state index contributed by atoms with van der Waals surface area (Å²) in [4.78, 5) is 2.18. The number of halogens is 5. The van der Waals surface area contributed by atoms with Crippen molar-refractivity contribution in [3.63, 3.8) is 0 Å². The van der Waals surface area contributed by atoms with Gasteiger partial charge >= 0.3 is 6.18 Å². The molecular weight excluding hydrogens is 372 g/mol. The van der Waals surface area contributed by atoms with Crippen LogP contribution in [0.3, 0.4) is 0 Å². The first-order valence-electron chi connectivity index (χ1n) is 8.04. The fourth-order valence-corrected chi connectivity index (χ4v) is 3.37. The van der Waals surface area contributed by atoms with Crippen LogP contribution in [-0.4, -0.2) is 37.3 Å². The van der Waals surface area contributed by atoms with Crippen molar-refractivity contribution < 1.29 is 13.2 Å². The fraction of sp³-hybridized carbons (Fsp3) is 0.444. The molecule has 1 heterocycles. The lowest BCUT2D eigenvalue weighted by atomic mass is 9.94. The summed E-state index contributed by atoms with van der Waals surface area (Å²) < 4.78 is 38.3. The predicted molar refractivity (Wildman–Crippen MR) is 101 cm³/mol. The Morgan fingerprint density at radius 2 is 1.60 bits per heavy atom. The van der Waals surface area contributed by atoms with Crippen LogP contribution < -0.4 is 5.32 Å². The molecule has 2 aromatic rings. The second-order valence-electron chi connectivity index (χ2n) is 6.02. The Kier molecular flexibility index (Phi) is 8.48. The van der Waals surface area contributed by atoms with E-state index in [1.54, 1.807) is 0 Å². The summed E-state index contributed by atoms with van der Waals surface area (Å²) in [6, 6.07) is 13.7. The number of benzene rings is 2. The van der Waals surface area contributed by atoms with Gasteiger partial charge in [-0.05, 0) is 22.8 Å². The first kappa shape index (κ1) is 22.0. The lowest BCUT2D eigenvalue weighted by molar-refractivity contribution is -0.138. The molecule has 0 spiro atoms. The largest absolute Gasteiger partial charge is 0.389 e. The molecule has 1 fully saturated rings. The standard InChI is InChI=1S/C18H21F3N2.2ClH/c19-18(20,21)9-8-17(23-12-10-22-11-13-23)16-7-3-5-14-4-1-2-6-15(14)16;;/h1-7,17,22H,8-13H2;2*1H/t17-;;/m1../s1. The van der Waals surface area contributed by atoms with Crippen LogP contribution >= 0.6 is 24.8 Å². The number of rotatable bonds is 4. The molecule has 25 heavy (non-hydrogen) atoms. The molecule has 2 nitrogen and oxygen atoms in total. The van der Waals surface area contributed by atoms with Gasteiger partial charge in [-0.2, -0.15) is 13.2 Å². The van der Waals surface area contributed by atoms with Crippen LogP contribution in [0.5, 0.6) is 0 Å². The van der Waals surface area contributed by atoms with E-state index >= 15 is 0 Å². The van der Waals surface area contributed by atoms with Crippen LogP contribution in [0.25, 0.3) is 10.8 Å². The molecule has 3 rings (SSSR count). The van der Waals surface area contributed by atoms with Gasteiger partial charge in [-0.15, -0.1) is 24.8 Å². The van der Waals surface area contributed by atoms with Gasteiger partial charge in [0.15, 0.2) is 0 Å². The van der Waals surface area contributed by atoms with E-state index in [0.29, 0.717) is 0 Å². The smallest absolute Gasteiger partial charge is 0.314 e. The third-order valence-corrected chi connectivity index (χ3v) is 4.48. The Morgan fingerprint density at radius 1 is 0.960 bits per heavy atom. The quantitative estimate of drug-likeness (QED) is 0.786. The van der Waals surface area contributed by atoms with E-state index in [-0.39, 0.29) is 37.3 Å². The van der Waals surface area contributed by atoms with Crippen molar-refractivity contribution in [2.75, 3.05) is 26.2 Å². The van der Waals surface area contributed by atoms with Crippen molar-refractivity contribution in [2.24, 2.45) is 0 Å². The summed E-state index contributed by atoms with van der Waals surface area (Å²) in [7, 11) is 0. The monoisotopic (exact) mass is 394 g/mol. The summed E-state index contributed by atoms with van der Waals surface area (Å²) in [5.41, 5.74) is 1.01. The van der Waals surface area contributed by atoms with Crippen LogP contribution in [0.4, 0.5) is 13.2 Å². The summed E-state index contributed by atoms with van der Waals surface area (Å²) in [6.07, 6.45) is -4.75. The first-order valence-corrected chi connectivity index (χ1v) is 8.04. The topological polar surface area (TPSA) is 15.3 Å². The molecule has 0 saturated carbocycles. The van der Waals surface area contributed by atoms with Crippen molar-refractivity contribution in [3.8, 4) is 0 Å². The minimum atomic E-state index is -4.11. The molecule has 0 bridgehead atoms. The minimum Gasteiger partial charge on any atom is -0.314 e. The van der Waals surface area contributed by atoms with Gasteiger partial charge in [0, 0.05) is 38.6 Å². The van der Waals surface area contributed by atoms with Gasteiger partial charge in [-0.3, -0.25) is 4.90 Å². The summed E-state index contributed by atoms with van der Waals surface area (Å²) >= 11 is 0. The van der Waals surface area contributed by atoms with Crippen molar-refractivity contribution in [1.82, 2.24) is 10.2 Å². The molecule has 1 saturated heterocycles. The zero-order chi connectivity index (χ0) is 16.3. The SMILES string of the molecule is Cl.Cl.FC(F)(F)CC[C@H](c1cccc2ccccc12)N1CCNCC1. The molecule has 0 unspecified atom stereocenters. The lowest BCUT2D eigenvalue weighted by Gasteiger charge is -2.36. The van der Waals surface area contributed by atoms with E-state index in [1.165, 1.54) is 0 Å². The molecule has 0 radical (unpaired) electrons. The van der Waals surface area contributed by atoms with Gasteiger partial charge in [0.1, 0.15) is 0 Å². The molecule has 140 valence electrons. The highest BCUT2D eigenvalue weighted by Gasteiger charge is 2.31. The van der Waals surface area contributed by atoms with Crippen LogP contribution in [0.15, 0.2) is 42.5 Å². The normalized spacial score (nSPS) is 16.8. The second-order valence-corrected chi connectivity index (χ2v) is 6.02. The van der Waals surface area contributed by atoms with Crippen molar-refractivity contribution in [1.29, 1.82) is 0 Å². The number of hydrogen-bond acceptors (Lipinski definition) is 2. The van der Waals surface area contributed by atoms with Crippen LogP contribution in [0.2, 0.25) is 0 Å². The summed E-state index contributed by atoms with van der Waals surface area (Å²) in [5.74, 6) is 0. The zero-order valence-electron chi connectivity index (χ0n) is 13.8. The fourth-order valence-electron chi connectivity index (χ4n) is 3.37. The highest BCUT2D eigenvalue weighted by Crippen LogP contribution is 2.35. The molecule has 0 aromatic heterocycles. The number of nitrogens with one attached hydrogen (secondary N) is 1. The van der Waals surface area contributed by atoms with Crippen molar-refractivity contribution >= 4 is 35.6 Å². The van der Waals surface area contributed by atoms with E-state index in [0.717, 1.165) is 42.5 Å². The number of hydrogen-bond donors (Lipinski definition) is 1. The Labute approximate surface area is 158 Å². The average Bonchev–Trinajstić information content (AvgIpc) is 2.55. The van der Waals surface area contributed by atoms with Crippen LogP contribution in [-0.2, 0) is 0 Å². The van der Waals surface area contributed by atoms with Crippen LogP contribution in [0, 0.1) is 0 Å². The number of piperazine rings is 1. The molecule has 0 aliphatic carbocycles. The van der Waals surface area contributed by atoms with Gasteiger partial charge in [0.2, 0.25) is 0 Å². The van der Waals surface area contributed by atoms with Gasteiger partial charge in [0.05, 0.1) is 0 Å². The first-order chi connectivity index (χ1) is 11.0. The third kappa shape index (κ3) is 5.74. The Morgan fingerprint density at radius 3 is 2.28 bits per heavy atom. The van der Waals surface area contributed by atoms with Crippen molar-refractivity contribution in [2.45, 2.75) is 25.1 Å². The van der Waals surface area contributed by atoms with Crippen LogP contribution in [0.1, 0.15) is 24.4 Å². The molecule has 1 atom stereocenters. The number of alkyl halides is 3. The van der Waals surface area contributed by atoms with E-state index in [4.69, 9.17) is 0 Å². The molecule has 1 N–H and O–H groups in total. The highest BCUT2D eigenvalue weighted by molar-refractivity contribution is 5.86. The maximum atomic E-state index is 12.8. The maximum absolute atomic E-state index is 12.8. The molecule has 1 aliphatic rings. The Bertz CT molecular complexity index is 653. The zero-order valence-corrected chi connectivity index (χ0v) is 15.4. The van der Waals surface area contributed by atoms with Gasteiger partial charge in [-0.1, -0.05) is 42.5 Å². The lowest BCUT2D eigenvalue weighted by Crippen LogP contribution is -2.45. The number of fused-ring (bicyclic) bond motifs is 1. The van der Waals surface area contributed by atoms with E-state index in [1.807, 2.05) is 42.5 Å². The summed E-state index contributed by atoms with van der Waals surface area (Å²) in [6.45, 7) is 3.22.